The summed E-state index contributed by atoms with van der Waals surface area (Å²) in [5.41, 5.74) is 6.64. The summed E-state index contributed by atoms with van der Waals surface area (Å²) in [5, 5.41) is 29.9. The van der Waals surface area contributed by atoms with Gasteiger partial charge in [-0.15, -0.1) is 11.3 Å². The van der Waals surface area contributed by atoms with Gasteiger partial charge in [0.2, 0.25) is 15.9 Å². The van der Waals surface area contributed by atoms with Gasteiger partial charge in [0.15, 0.2) is 0 Å². The number of rotatable bonds is 22. The molecule has 4 amide bonds. The van der Waals surface area contributed by atoms with E-state index in [1.807, 2.05) is 87.7 Å². The van der Waals surface area contributed by atoms with E-state index in [9.17, 15) is 27.9 Å². The van der Waals surface area contributed by atoms with Gasteiger partial charge in [0.05, 0.1) is 42.0 Å². The predicted molar refractivity (Wildman–Crippen MR) is 278 cm³/mol. The van der Waals surface area contributed by atoms with Crippen LogP contribution in [0.25, 0.3) is 11.1 Å². The fourth-order valence-electron chi connectivity index (χ4n) is 10.4. The van der Waals surface area contributed by atoms with Crippen LogP contribution in [0, 0.1) is 11.8 Å². The fourth-order valence-corrected chi connectivity index (χ4v) is 12.7. The van der Waals surface area contributed by atoms with Gasteiger partial charge in [-0.25, -0.2) is 23.0 Å². The minimum atomic E-state index is -4.10. The number of benzene rings is 4. The van der Waals surface area contributed by atoms with Gasteiger partial charge in [0, 0.05) is 43.5 Å². The number of nitrogens with one attached hydrogen (secondary N) is 1. The molecular weight excluding hydrogens is 951 g/mol. The number of urea groups is 1. The minimum Gasteiger partial charge on any atom is -0.448 e. The van der Waals surface area contributed by atoms with Crippen molar-refractivity contribution < 1.29 is 37.9 Å². The van der Waals surface area contributed by atoms with E-state index in [0.717, 1.165) is 53.5 Å². The second kappa shape index (κ2) is 23.6. The highest BCUT2D eigenvalue weighted by Gasteiger charge is 2.42. The predicted octanol–water partition coefficient (Wildman–Crippen LogP) is 8.73. The Morgan fingerprint density at radius 1 is 0.931 bits per heavy atom. The normalized spacial score (nSPS) is 16.8. The van der Waals surface area contributed by atoms with E-state index in [-0.39, 0.29) is 73.9 Å². The molecule has 4 aromatic carbocycles. The van der Waals surface area contributed by atoms with Crippen LogP contribution in [0.1, 0.15) is 98.7 Å². The molecule has 2 heterocycles. The first kappa shape index (κ1) is 52.2. The van der Waals surface area contributed by atoms with E-state index in [2.05, 4.69) is 34.7 Å². The van der Waals surface area contributed by atoms with Gasteiger partial charge in [-0.3, -0.25) is 9.69 Å². The molecule has 8 rings (SSSR count). The third-order valence-electron chi connectivity index (χ3n) is 14.5. The Kier molecular flexibility index (Phi) is 17.1. The van der Waals surface area contributed by atoms with Crippen molar-refractivity contribution in [2.45, 2.75) is 114 Å². The van der Waals surface area contributed by atoms with Crippen molar-refractivity contribution in [3.05, 3.63) is 141 Å². The molecule has 382 valence electrons. The Morgan fingerprint density at radius 2 is 1.58 bits per heavy atom. The quantitative estimate of drug-likeness (QED) is 0.0347. The zero-order valence-corrected chi connectivity index (χ0v) is 43.2. The first-order valence-electron chi connectivity index (χ1n) is 25.2. The minimum absolute atomic E-state index is 0.0420. The highest BCUT2D eigenvalue weighted by atomic mass is 32.2. The number of ether oxygens (including phenoxy) is 1. The van der Waals surface area contributed by atoms with Crippen LogP contribution in [-0.2, 0) is 39.1 Å². The SMILES string of the molecule is CC[C@H](C)[C@@H](C(=O)N[C@@H](Cc1ccccc1)[C@H](O)CN(CC1CCCC1)S(=O)(=O)c1ccc(/C=N/O)cc1)N1CCN(Cc2csc(CN(C(=O)OCC3c4ccccc4-c4ccccc43)C(C)C)n2)C1=O. The number of sulfonamides is 1. The lowest BCUT2D eigenvalue weighted by Crippen LogP contribution is -2.57. The molecule has 5 aromatic rings. The van der Waals surface area contributed by atoms with E-state index < -0.39 is 40.2 Å². The molecule has 15 nitrogen and oxygen atoms in total. The standard InChI is InChI=1S/C55H67N7O8S2/c1-5-38(4)52(53(64)58-49(29-39-15-7-6-8-16-39)50(63)33-60(31-41-17-9-10-18-41)72(68,69)43-25-23-40(24-26-43)30-56-67)61-28-27-59(54(61)65)32-42-36-71-51(57-42)34-62(37(2)3)55(66)70-35-48-46-21-13-11-19-44(46)45-20-12-14-22-47(45)48/h6-8,11-16,19-26,30,36-38,41,48-50,52,63,67H,5,9-10,17-18,27-29,31-35H2,1-4H3,(H,58,64)/b56-30+/t38-,49-,50+,52-/m0/s1. The van der Waals surface area contributed by atoms with E-state index in [0.29, 0.717) is 35.8 Å². The van der Waals surface area contributed by atoms with Gasteiger partial charge in [0.1, 0.15) is 17.7 Å². The number of amides is 4. The zero-order chi connectivity index (χ0) is 50.9. The van der Waals surface area contributed by atoms with Crippen LogP contribution in [0.3, 0.4) is 0 Å². The summed E-state index contributed by atoms with van der Waals surface area (Å²) in [7, 11) is -4.10. The topological polar surface area (TPSA) is 185 Å². The molecule has 3 aliphatic rings. The first-order chi connectivity index (χ1) is 34.7. The maximum absolute atomic E-state index is 14.7. The molecule has 1 saturated heterocycles. The Bertz CT molecular complexity index is 2740. The molecule has 0 spiro atoms. The van der Waals surface area contributed by atoms with Gasteiger partial charge in [0.25, 0.3) is 0 Å². The number of hydrogen-bond acceptors (Lipinski definition) is 11. The summed E-state index contributed by atoms with van der Waals surface area (Å²) in [6.07, 6.45) is 4.03. The zero-order valence-electron chi connectivity index (χ0n) is 41.5. The number of hydrogen-bond donors (Lipinski definition) is 3. The van der Waals surface area contributed by atoms with Crippen molar-refractivity contribution in [3.8, 4) is 11.1 Å². The molecule has 72 heavy (non-hydrogen) atoms. The summed E-state index contributed by atoms with van der Waals surface area (Å²) in [6, 6.07) is 29.7. The third kappa shape index (κ3) is 12.0. The van der Waals surface area contributed by atoms with Gasteiger partial charge in [-0.2, -0.15) is 4.31 Å². The molecule has 1 aromatic heterocycles. The molecule has 0 bridgehead atoms. The molecule has 0 unspecified atom stereocenters. The Balaban J connectivity index is 0.933. The van der Waals surface area contributed by atoms with Crippen molar-refractivity contribution in [1.82, 2.24) is 29.3 Å². The fraction of sp³-hybridized carbons (Fsp3) is 0.436. The summed E-state index contributed by atoms with van der Waals surface area (Å²) in [4.78, 5) is 52.6. The number of carbonyl (C=O) groups excluding carboxylic acids is 3. The average molecular weight is 1020 g/mol. The van der Waals surface area contributed by atoms with Crippen LogP contribution in [0.5, 0.6) is 0 Å². The molecular formula is C55H67N7O8S2. The van der Waals surface area contributed by atoms with Crippen LogP contribution in [-0.4, -0.2) is 124 Å². The Hall–Kier alpha value is -6.14. The summed E-state index contributed by atoms with van der Waals surface area (Å²) < 4.78 is 36.0. The van der Waals surface area contributed by atoms with Gasteiger partial charge in [-0.05, 0) is 90.5 Å². The highest BCUT2D eigenvalue weighted by Crippen LogP contribution is 2.44. The van der Waals surface area contributed by atoms with Crippen molar-refractivity contribution >= 4 is 45.6 Å². The smallest absolute Gasteiger partial charge is 0.410 e. The summed E-state index contributed by atoms with van der Waals surface area (Å²) in [5.74, 6) is -0.628. The lowest BCUT2D eigenvalue weighted by Gasteiger charge is -2.35. The van der Waals surface area contributed by atoms with Crippen molar-refractivity contribution in [2.24, 2.45) is 17.0 Å². The first-order valence-corrected chi connectivity index (χ1v) is 27.5. The summed E-state index contributed by atoms with van der Waals surface area (Å²) >= 11 is 1.41. The average Bonchev–Trinajstić information content (AvgIpc) is 4.20. The molecule has 1 aliphatic heterocycles. The maximum atomic E-state index is 14.7. The molecule has 0 radical (unpaired) electrons. The van der Waals surface area contributed by atoms with Crippen molar-refractivity contribution in [3.63, 3.8) is 0 Å². The van der Waals surface area contributed by atoms with Crippen molar-refractivity contribution in [1.29, 1.82) is 0 Å². The largest absolute Gasteiger partial charge is 0.448 e. The van der Waals surface area contributed by atoms with E-state index in [4.69, 9.17) is 14.9 Å². The number of carbonyl (C=O) groups is 3. The Morgan fingerprint density at radius 3 is 2.22 bits per heavy atom. The molecule has 2 fully saturated rings. The van der Waals surface area contributed by atoms with Crippen molar-refractivity contribution in [2.75, 3.05) is 32.8 Å². The second-order valence-corrected chi connectivity index (χ2v) is 22.5. The monoisotopic (exact) mass is 1020 g/mol. The van der Waals surface area contributed by atoms with Crippen LogP contribution in [0.15, 0.2) is 119 Å². The van der Waals surface area contributed by atoms with Gasteiger partial charge < -0.3 is 30.2 Å². The molecule has 2 aliphatic carbocycles. The number of aromatic nitrogens is 1. The number of fused-ring (bicyclic) bond motifs is 3. The van der Waals surface area contributed by atoms with Gasteiger partial charge in [-0.1, -0.05) is 129 Å². The number of oxime groups is 1. The van der Waals surface area contributed by atoms with E-state index in [1.165, 1.54) is 34.0 Å². The molecule has 17 heteroatoms. The molecule has 3 N–H and O–H groups in total. The van der Waals surface area contributed by atoms with E-state index >= 15 is 0 Å². The maximum Gasteiger partial charge on any atom is 0.410 e. The lowest BCUT2D eigenvalue weighted by atomic mass is 9.95. The van der Waals surface area contributed by atoms with Crippen LogP contribution in [0.4, 0.5) is 9.59 Å². The number of aliphatic hydroxyl groups excluding tert-OH is 1. The van der Waals surface area contributed by atoms with E-state index in [1.54, 1.807) is 26.8 Å². The lowest BCUT2D eigenvalue weighted by molar-refractivity contribution is -0.128. The Labute approximate surface area is 427 Å². The van der Waals surface area contributed by atoms with Gasteiger partial charge >= 0.3 is 12.1 Å². The molecule has 4 atom stereocenters. The molecule has 1 saturated carbocycles. The second-order valence-electron chi connectivity index (χ2n) is 19.6. The summed E-state index contributed by atoms with van der Waals surface area (Å²) in [6.45, 7) is 9.05. The van der Waals surface area contributed by atoms with Crippen LogP contribution >= 0.6 is 11.3 Å². The number of nitrogens with zero attached hydrogens (tertiary/aromatic N) is 6. The number of thiazole rings is 1. The third-order valence-corrected chi connectivity index (χ3v) is 17.2. The number of aliphatic hydroxyl groups is 1. The van der Waals surface area contributed by atoms with Crippen LogP contribution in [0.2, 0.25) is 0 Å². The highest BCUT2D eigenvalue weighted by molar-refractivity contribution is 7.89. The van der Waals surface area contributed by atoms with Crippen LogP contribution < -0.4 is 5.32 Å².